The predicted octanol–water partition coefficient (Wildman–Crippen LogP) is 4.27. The number of sulfone groups is 1. The van der Waals surface area contributed by atoms with Gasteiger partial charge in [-0.3, -0.25) is 9.20 Å². The minimum atomic E-state index is -4.21. The van der Waals surface area contributed by atoms with Crippen LogP contribution in [0.4, 0.5) is 4.39 Å². The average molecular weight is 461 g/mol. The largest absolute Gasteiger partial charge is 0.438 e. The number of aryl methyl sites for hydroxylation is 1. The molecule has 33 heavy (non-hydrogen) atoms. The molecule has 0 fully saturated rings. The molecule has 0 unspecified atom stereocenters. The van der Waals surface area contributed by atoms with E-state index in [1.54, 1.807) is 43.3 Å². The van der Waals surface area contributed by atoms with Gasteiger partial charge in [0.05, 0.1) is 4.90 Å². The van der Waals surface area contributed by atoms with Crippen LogP contribution in [-0.2, 0) is 9.84 Å². The number of hydrogen-bond acceptors (Lipinski definition) is 6. The number of halogens is 1. The van der Waals surface area contributed by atoms with Crippen molar-refractivity contribution in [1.82, 2.24) is 9.38 Å². The van der Waals surface area contributed by atoms with Gasteiger partial charge in [0.1, 0.15) is 33.8 Å². The molecule has 2 heterocycles. The summed E-state index contributed by atoms with van der Waals surface area (Å²) in [7, 11) is -4.21. The second-order valence-corrected chi connectivity index (χ2v) is 8.98. The number of hydrogen-bond donors (Lipinski definition) is 0. The molecule has 0 bridgehead atoms. The summed E-state index contributed by atoms with van der Waals surface area (Å²) in [5.74, 6) is -0.521. The molecule has 164 valence electrons. The van der Waals surface area contributed by atoms with Crippen LogP contribution < -0.4 is 10.3 Å². The summed E-state index contributed by atoms with van der Waals surface area (Å²) in [6.45, 7) is 1.80. The zero-order valence-corrected chi connectivity index (χ0v) is 18.1. The topological polar surface area (TPSA) is 102 Å². The Morgan fingerprint density at radius 2 is 1.79 bits per heavy atom. The van der Waals surface area contributed by atoms with Crippen LogP contribution >= 0.6 is 0 Å². The molecule has 2 aromatic heterocycles. The highest BCUT2D eigenvalue weighted by atomic mass is 32.2. The number of ether oxygens (including phenoxy) is 1. The van der Waals surface area contributed by atoms with Crippen molar-refractivity contribution in [3.05, 3.63) is 105 Å². The van der Waals surface area contributed by atoms with Gasteiger partial charge in [0.15, 0.2) is 0 Å². The molecule has 4 rings (SSSR count). The summed E-state index contributed by atoms with van der Waals surface area (Å²) in [6, 6.07) is 17.5. The third kappa shape index (κ3) is 4.37. The Kier molecular flexibility index (Phi) is 5.77. The lowest BCUT2D eigenvalue weighted by molar-refractivity contribution is 0.459. The van der Waals surface area contributed by atoms with E-state index in [-0.39, 0.29) is 27.7 Å². The van der Waals surface area contributed by atoms with Crippen molar-refractivity contribution in [1.29, 1.82) is 5.26 Å². The van der Waals surface area contributed by atoms with E-state index in [0.717, 1.165) is 11.6 Å². The number of benzene rings is 2. The van der Waals surface area contributed by atoms with Gasteiger partial charge in [-0.2, -0.15) is 10.2 Å². The number of nitrogens with zero attached hydrogens (tertiary/aromatic N) is 3. The van der Waals surface area contributed by atoms with Crippen molar-refractivity contribution in [3.8, 4) is 17.7 Å². The standard InChI is InChI=1S/C24H16FN3O4S/c1-16-5-11-19(12-6-16)33(30,31)20(15-26)14-21-23(32-18-9-7-17(25)8-10-18)27-22-4-2-3-13-28(22)24(21)29/h2-14H,1H3/b20-14+. The summed E-state index contributed by atoms with van der Waals surface area (Å²) in [5, 5.41) is 9.65. The molecule has 0 N–H and O–H groups in total. The first-order chi connectivity index (χ1) is 15.8. The van der Waals surface area contributed by atoms with Gasteiger partial charge in [0.25, 0.3) is 5.56 Å². The molecule has 0 aliphatic heterocycles. The molecule has 9 heteroatoms. The smallest absolute Gasteiger partial charge is 0.269 e. The van der Waals surface area contributed by atoms with E-state index >= 15 is 0 Å². The van der Waals surface area contributed by atoms with Gasteiger partial charge in [0.2, 0.25) is 15.7 Å². The first-order valence-electron chi connectivity index (χ1n) is 9.68. The summed E-state index contributed by atoms with van der Waals surface area (Å²) >= 11 is 0. The lowest BCUT2D eigenvalue weighted by atomic mass is 10.2. The van der Waals surface area contributed by atoms with E-state index in [2.05, 4.69) is 4.98 Å². The van der Waals surface area contributed by atoms with Crippen LogP contribution in [0.1, 0.15) is 11.1 Å². The molecule has 2 aromatic carbocycles. The number of pyridine rings is 1. The minimum Gasteiger partial charge on any atom is -0.438 e. The Labute approximate surface area is 188 Å². The molecule has 0 saturated heterocycles. The van der Waals surface area contributed by atoms with E-state index in [9.17, 15) is 22.9 Å². The summed E-state index contributed by atoms with van der Waals surface area (Å²) < 4.78 is 46.3. The fraction of sp³-hybridized carbons (Fsp3) is 0.0417. The Morgan fingerprint density at radius 1 is 1.09 bits per heavy atom. The fourth-order valence-electron chi connectivity index (χ4n) is 3.04. The highest BCUT2D eigenvalue weighted by Crippen LogP contribution is 2.27. The zero-order chi connectivity index (χ0) is 23.6. The van der Waals surface area contributed by atoms with Crippen LogP contribution in [0.5, 0.6) is 11.6 Å². The van der Waals surface area contributed by atoms with E-state index in [1.807, 2.05) is 0 Å². The van der Waals surface area contributed by atoms with Gasteiger partial charge in [0, 0.05) is 6.20 Å². The van der Waals surface area contributed by atoms with Crippen LogP contribution in [-0.4, -0.2) is 17.8 Å². The number of fused-ring (bicyclic) bond motifs is 1. The SMILES string of the molecule is Cc1ccc(S(=O)(=O)/C(C#N)=C/c2c(Oc3ccc(F)cc3)nc3ccccn3c2=O)cc1. The lowest BCUT2D eigenvalue weighted by Gasteiger charge is -2.10. The quantitative estimate of drug-likeness (QED) is 0.411. The fourth-order valence-corrected chi connectivity index (χ4v) is 4.18. The maximum atomic E-state index is 13.3. The molecule has 0 spiro atoms. The second-order valence-electron chi connectivity index (χ2n) is 7.06. The van der Waals surface area contributed by atoms with Crippen LogP contribution in [0.2, 0.25) is 0 Å². The lowest BCUT2D eigenvalue weighted by Crippen LogP contribution is -2.19. The molecule has 0 atom stereocenters. The number of nitriles is 1. The van der Waals surface area contributed by atoms with Crippen LogP contribution in [0, 0.1) is 24.1 Å². The highest BCUT2D eigenvalue weighted by molar-refractivity contribution is 7.95. The van der Waals surface area contributed by atoms with E-state index in [4.69, 9.17) is 4.74 Å². The van der Waals surface area contributed by atoms with Gasteiger partial charge in [-0.1, -0.05) is 23.8 Å². The van der Waals surface area contributed by atoms with Gasteiger partial charge in [-0.05, 0) is 61.5 Å². The third-order valence-electron chi connectivity index (χ3n) is 4.77. The molecular weight excluding hydrogens is 445 g/mol. The molecular formula is C24H16FN3O4S. The summed E-state index contributed by atoms with van der Waals surface area (Å²) in [6.07, 6.45) is 2.41. The van der Waals surface area contributed by atoms with Gasteiger partial charge < -0.3 is 4.74 Å². The third-order valence-corrected chi connectivity index (χ3v) is 6.45. The molecule has 0 aliphatic rings. The first-order valence-corrected chi connectivity index (χ1v) is 11.2. The minimum absolute atomic E-state index is 0.0873. The van der Waals surface area contributed by atoms with Crippen molar-refractivity contribution in [3.63, 3.8) is 0 Å². The van der Waals surface area contributed by atoms with Crippen molar-refractivity contribution >= 4 is 21.6 Å². The second kappa shape index (κ2) is 8.68. The van der Waals surface area contributed by atoms with Crippen LogP contribution in [0.25, 0.3) is 11.7 Å². The Hall–Kier alpha value is -4.29. The average Bonchev–Trinajstić information content (AvgIpc) is 2.80. The summed E-state index contributed by atoms with van der Waals surface area (Å²) in [4.78, 5) is 16.8. The monoisotopic (exact) mass is 461 g/mol. The van der Waals surface area contributed by atoms with Crippen LogP contribution in [0.3, 0.4) is 0 Å². The molecule has 0 saturated carbocycles. The zero-order valence-electron chi connectivity index (χ0n) is 17.3. The molecule has 4 aromatic rings. The highest BCUT2D eigenvalue weighted by Gasteiger charge is 2.23. The molecule has 7 nitrogen and oxygen atoms in total. The van der Waals surface area contributed by atoms with E-state index in [1.165, 1.54) is 47.0 Å². The summed E-state index contributed by atoms with van der Waals surface area (Å²) in [5.41, 5.74) is 0.222. The van der Waals surface area contributed by atoms with E-state index < -0.39 is 26.1 Å². The van der Waals surface area contributed by atoms with Crippen molar-refractivity contribution in [2.45, 2.75) is 11.8 Å². The van der Waals surface area contributed by atoms with E-state index in [0.29, 0.717) is 0 Å². The van der Waals surface area contributed by atoms with Crippen molar-refractivity contribution in [2.75, 3.05) is 0 Å². The Balaban J connectivity index is 1.92. The predicted molar refractivity (Wildman–Crippen MR) is 120 cm³/mol. The number of aromatic nitrogens is 2. The van der Waals surface area contributed by atoms with Gasteiger partial charge >= 0.3 is 0 Å². The molecule has 0 aliphatic carbocycles. The number of allylic oxidation sites excluding steroid dienone is 1. The van der Waals surface area contributed by atoms with Crippen molar-refractivity contribution < 1.29 is 17.5 Å². The Morgan fingerprint density at radius 3 is 2.45 bits per heavy atom. The normalized spacial score (nSPS) is 11.8. The van der Waals surface area contributed by atoms with Gasteiger partial charge in [-0.15, -0.1) is 0 Å². The maximum absolute atomic E-state index is 13.3. The van der Waals surface area contributed by atoms with Crippen molar-refractivity contribution in [2.24, 2.45) is 0 Å². The number of rotatable bonds is 5. The van der Waals surface area contributed by atoms with Crippen LogP contribution in [0.15, 0.2) is 87.5 Å². The Bertz CT molecular complexity index is 1580. The maximum Gasteiger partial charge on any atom is 0.269 e. The molecule has 0 amide bonds. The first kappa shape index (κ1) is 21.9. The van der Waals surface area contributed by atoms with Gasteiger partial charge in [-0.25, -0.2) is 12.8 Å². The molecule has 0 radical (unpaired) electrons.